The summed E-state index contributed by atoms with van der Waals surface area (Å²) in [5.41, 5.74) is 0.322. The van der Waals surface area contributed by atoms with Crippen molar-refractivity contribution in [2.45, 2.75) is 32.0 Å². The number of carbonyl (C=O) groups is 2. The van der Waals surface area contributed by atoms with Crippen LogP contribution in [0.2, 0.25) is 0 Å². The second-order valence-electron chi connectivity index (χ2n) is 3.54. The molecule has 5 heteroatoms. The fourth-order valence-corrected chi connectivity index (χ4v) is 1.30. The van der Waals surface area contributed by atoms with E-state index in [1.807, 2.05) is 0 Å². The quantitative estimate of drug-likeness (QED) is 0.552. The molecule has 0 aromatic heterocycles. The summed E-state index contributed by atoms with van der Waals surface area (Å²) in [4.78, 5) is 21.6. The van der Waals surface area contributed by atoms with Crippen molar-refractivity contribution in [2.75, 3.05) is 6.61 Å². The van der Waals surface area contributed by atoms with Gasteiger partial charge in [0.25, 0.3) is 0 Å². The van der Waals surface area contributed by atoms with Crippen LogP contribution in [0, 0.1) is 0 Å². The molecule has 1 rings (SSSR count). The molecule has 2 atom stereocenters. The molecule has 1 heterocycles. The van der Waals surface area contributed by atoms with Crippen molar-refractivity contribution in [3.8, 4) is 0 Å². The van der Waals surface area contributed by atoms with Gasteiger partial charge in [0.15, 0.2) is 6.10 Å². The van der Waals surface area contributed by atoms with E-state index in [0.29, 0.717) is 18.4 Å². The third-order valence-electron chi connectivity index (χ3n) is 2.13. The van der Waals surface area contributed by atoms with Gasteiger partial charge in [-0.2, -0.15) is 0 Å². The van der Waals surface area contributed by atoms with Gasteiger partial charge in [0, 0.05) is 5.57 Å². The lowest BCUT2D eigenvalue weighted by molar-refractivity contribution is -0.152. The topological polar surface area (TPSA) is 72.8 Å². The first-order valence-corrected chi connectivity index (χ1v) is 4.71. The number of hydrogen-bond donors (Lipinski definition) is 1. The number of rotatable bonds is 4. The maximum Gasteiger partial charge on any atom is 0.333 e. The Hall–Kier alpha value is -1.36. The van der Waals surface area contributed by atoms with E-state index in [4.69, 9.17) is 14.6 Å². The van der Waals surface area contributed by atoms with Gasteiger partial charge in [0.2, 0.25) is 0 Å². The van der Waals surface area contributed by atoms with Crippen LogP contribution in [0.25, 0.3) is 0 Å². The molecule has 0 aliphatic carbocycles. The molecule has 0 saturated carbocycles. The summed E-state index contributed by atoms with van der Waals surface area (Å²) in [6.45, 7) is 5.08. The van der Waals surface area contributed by atoms with Gasteiger partial charge >= 0.3 is 11.9 Å². The van der Waals surface area contributed by atoms with Gasteiger partial charge in [-0.15, -0.1) is 0 Å². The van der Waals surface area contributed by atoms with Crippen molar-refractivity contribution in [3.05, 3.63) is 12.2 Å². The maximum atomic E-state index is 11.0. The van der Waals surface area contributed by atoms with Crippen LogP contribution in [0.15, 0.2) is 12.2 Å². The summed E-state index contributed by atoms with van der Waals surface area (Å²) in [7, 11) is 0. The number of aliphatic carboxylic acids is 1. The lowest BCUT2D eigenvalue weighted by atomic mass is 10.2. The lowest BCUT2D eigenvalue weighted by Crippen LogP contribution is -2.23. The number of carbonyl (C=O) groups excluding carboxylic acids is 1. The van der Waals surface area contributed by atoms with Crippen LogP contribution < -0.4 is 0 Å². The number of ether oxygens (including phenoxy) is 2. The SMILES string of the molecule is C=C(C)C(=O)OCC1CCC(C(=O)O)O1. The van der Waals surface area contributed by atoms with Gasteiger partial charge < -0.3 is 14.6 Å². The number of carboxylic acid groups (broad SMARTS) is 1. The Bertz CT molecular complexity index is 284. The zero-order chi connectivity index (χ0) is 11.4. The molecule has 1 fully saturated rings. The van der Waals surface area contributed by atoms with Crippen molar-refractivity contribution in [1.82, 2.24) is 0 Å². The number of esters is 1. The Morgan fingerprint density at radius 3 is 2.67 bits per heavy atom. The van der Waals surface area contributed by atoms with E-state index in [2.05, 4.69) is 6.58 Å². The Kier molecular flexibility index (Phi) is 3.85. The van der Waals surface area contributed by atoms with Gasteiger partial charge in [0.1, 0.15) is 6.61 Å². The third-order valence-corrected chi connectivity index (χ3v) is 2.13. The zero-order valence-corrected chi connectivity index (χ0v) is 8.56. The molecule has 1 aliphatic rings. The fourth-order valence-electron chi connectivity index (χ4n) is 1.30. The molecule has 1 aliphatic heterocycles. The minimum atomic E-state index is -0.969. The Morgan fingerprint density at radius 2 is 2.20 bits per heavy atom. The van der Waals surface area contributed by atoms with E-state index in [9.17, 15) is 9.59 Å². The Morgan fingerprint density at radius 1 is 1.53 bits per heavy atom. The van der Waals surface area contributed by atoms with E-state index in [1.165, 1.54) is 0 Å². The standard InChI is InChI=1S/C10H14O5/c1-6(2)10(13)14-5-7-3-4-8(15-7)9(11)12/h7-8H,1,3-5H2,2H3,(H,11,12). The molecule has 0 aromatic carbocycles. The summed E-state index contributed by atoms with van der Waals surface area (Å²) >= 11 is 0. The van der Waals surface area contributed by atoms with Gasteiger partial charge in [-0.3, -0.25) is 0 Å². The first-order chi connectivity index (χ1) is 7.00. The van der Waals surface area contributed by atoms with Crippen molar-refractivity contribution in [1.29, 1.82) is 0 Å². The molecule has 84 valence electrons. The fraction of sp³-hybridized carbons (Fsp3) is 0.600. The van der Waals surface area contributed by atoms with Gasteiger partial charge in [-0.05, 0) is 19.8 Å². The van der Waals surface area contributed by atoms with Crippen molar-refractivity contribution in [3.63, 3.8) is 0 Å². The van der Waals surface area contributed by atoms with Crippen LogP contribution in [-0.2, 0) is 19.1 Å². The van der Waals surface area contributed by atoms with Crippen LogP contribution in [-0.4, -0.2) is 35.9 Å². The normalized spacial score (nSPS) is 24.9. The molecule has 0 bridgehead atoms. The van der Waals surface area contributed by atoms with E-state index in [-0.39, 0.29) is 12.7 Å². The lowest BCUT2D eigenvalue weighted by Gasteiger charge is -2.11. The first-order valence-electron chi connectivity index (χ1n) is 4.71. The average molecular weight is 214 g/mol. The van der Waals surface area contributed by atoms with E-state index in [1.54, 1.807) is 6.92 Å². The number of carboxylic acids is 1. The van der Waals surface area contributed by atoms with Gasteiger partial charge in [-0.25, -0.2) is 9.59 Å². The molecule has 1 N–H and O–H groups in total. The van der Waals surface area contributed by atoms with E-state index < -0.39 is 18.0 Å². The highest BCUT2D eigenvalue weighted by atomic mass is 16.6. The van der Waals surface area contributed by atoms with E-state index >= 15 is 0 Å². The molecular weight excluding hydrogens is 200 g/mol. The van der Waals surface area contributed by atoms with Crippen LogP contribution in [0.4, 0.5) is 0 Å². The second-order valence-corrected chi connectivity index (χ2v) is 3.54. The van der Waals surface area contributed by atoms with Crippen LogP contribution in [0.5, 0.6) is 0 Å². The highest BCUT2D eigenvalue weighted by molar-refractivity contribution is 5.86. The molecule has 0 spiro atoms. The van der Waals surface area contributed by atoms with Crippen LogP contribution in [0.1, 0.15) is 19.8 Å². The van der Waals surface area contributed by atoms with Crippen LogP contribution >= 0.6 is 0 Å². The van der Waals surface area contributed by atoms with Crippen molar-refractivity contribution >= 4 is 11.9 Å². The molecule has 0 radical (unpaired) electrons. The third kappa shape index (κ3) is 3.36. The molecule has 1 saturated heterocycles. The second kappa shape index (κ2) is 4.93. The highest BCUT2D eigenvalue weighted by Gasteiger charge is 2.31. The molecular formula is C10H14O5. The Labute approximate surface area is 87.7 Å². The molecule has 15 heavy (non-hydrogen) atoms. The van der Waals surface area contributed by atoms with Gasteiger partial charge in [-0.1, -0.05) is 6.58 Å². The molecule has 0 aromatic rings. The summed E-state index contributed by atoms with van der Waals surface area (Å²) in [5, 5.41) is 8.65. The summed E-state index contributed by atoms with van der Waals surface area (Å²) in [6, 6.07) is 0. The molecule has 2 unspecified atom stereocenters. The predicted molar refractivity (Wildman–Crippen MR) is 51.3 cm³/mol. The summed E-state index contributed by atoms with van der Waals surface area (Å²) < 4.78 is 10.0. The first kappa shape index (κ1) is 11.7. The molecule has 0 amide bonds. The van der Waals surface area contributed by atoms with Crippen LogP contribution in [0.3, 0.4) is 0 Å². The molecule has 5 nitrogen and oxygen atoms in total. The summed E-state index contributed by atoms with van der Waals surface area (Å²) in [5.74, 6) is -1.44. The predicted octanol–water partition coefficient (Wildman–Crippen LogP) is 0.738. The minimum absolute atomic E-state index is 0.0927. The van der Waals surface area contributed by atoms with Gasteiger partial charge in [0.05, 0.1) is 6.10 Å². The Balaban J connectivity index is 2.28. The van der Waals surface area contributed by atoms with E-state index in [0.717, 1.165) is 0 Å². The van der Waals surface area contributed by atoms with Crippen molar-refractivity contribution < 1.29 is 24.2 Å². The highest BCUT2D eigenvalue weighted by Crippen LogP contribution is 2.20. The average Bonchev–Trinajstić information content (AvgIpc) is 2.62. The maximum absolute atomic E-state index is 11.0. The minimum Gasteiger partial charge on any atom is -0.479 e. The number of hydrogen-bond acceptors (Lipinski definition) is 4. The smallest absolute Gasteiger partial charge is 0.333 e. The zero-order valence-electron chi connectivity index (χ0n) is 8.56. The monoisotopic (exact) mass is 214 g/mol. The largest absolute Gasteiger partial charge is 0.479 e. The summed E-state index contributed by atoms with van der Waals surface area (Å²) in [6.07, 6.45) is -0.0154. The van der Waals surface area contributed by atoms with Crippen molar-refractivity contribution in [2.24, 2.45) is 0 Å².